The number of fused-ring (bicyclic) bond motifs is 2. The Balaban J connectivity index is 0.00000261. The predicted molar refractivity (Wildman–Crippen MR) is 107 cm³/mol. The van der Waals surface area contributed by atoms with E-state index in [1.807, 2.05) is 24.8 Å². The number of hydrogen-bond donors (Lipinski definition) is 2. The lowest BCUT2D eigenvalue weighted by molar-refractivity contribution is -0.134. The maximum atomic E-state index is 13.1. The second-order valence-corrected chi connectivity index (χ2v) is 7.61. The van der Waals surface area contributed by atoms with Crippen LogP contribution in [0.1, 0.15) is 43.5 Å². The third-order valence-electron chi connectivity index (χ3n) is 5.41. The van der Waals surface area contributed by atoms with Gasteiger partial charge in [-0.1, -0.05) is 26.0 Å². The molecular formula is C20H30ClN3O3. The average molecular weight is 396 g/mol. The first-order valence-corrected chi connectivity index (χ1v) is 9.48. The molecule has 6 nitrogen and oxygen atoms in total. The highest BCUT2D eigenvalue weighted by molar-refractivity contribution is 5.99. The number of ether oxygens (including phenoxy) is 1. The van der Waals surface area contributed by atoms with Gasteiger partial charge in [-0.2, -0.15) is 0 Å². The number of nitrogens with one attached hydrogen (secondary N) is 2. The van der Waals surface area contributed by atoms with Crippen LogP contribution in [0.4, 0.5) is 0 Å². The monoisotopic (exact) mass is 395 g/mol. The van der Waals surface area contributed by atoms with Crippen molar-refractivity contribution in [3.05, 3.63) is 29.8 Å². The first kappa shape index (κ1) is 21.5. The molecule has 3 unspecified atom stereocenters. The number of carbonyl (C=O) groups excluding carboxylic acids is 2. The molecule has 0 saturated carbocycles. The molecule has 1 aromatic carbocycles. The van der Waals surface area contributed by atoms with Crippen LogP contribution < -0.4 is 15.4 Å². The van der Waals surface area contributed by atoms with Crippen LogP contribution in [0.2, 0.25) is 0 Å². The first-order chi connectivity index (χ1) is 12.5. The molecule has 3 rings (SSSR count). The number of methoxy groups -OCH3 is 1. The van der Waals surface area contributed by atoms with Gasteiger partial charge in [0.05, 0.1) is 12.7 Å². The molecule has 2 aliphatic heterocycles. The second-order valence-electron chi connectivity index (χ2n) is 7.61. The molecule has 2 saturated heterocycles. The fraction of sp³-hybridized carbons (Fsp3) is 0.600. The molecule has 2 bridgehead atoms. The lowest BCUT2D eigenvalue weighted by Crippen LogP contribution is -2.53. The molecule has 2 amide bonds. The van der Waals surface area contributed by atoms with Crippen LogP contribution >= 0.6 is 12.4 Å². The number of rotatable bonds is 5. The summed E-state index contributed by atoms with van der Waals surface area (Å²) in [5.41, 5.74) is 0.449. The Kier molecular flexibility index (Phi) is 7.50. The predicted octanol–water partition coefficient (Wildman–Crippen LogP) is 2.22. The maximum absolute atomic E-state index is 13.1. The minimum atomic E-state index is -0.538. The molecule has 2 heterocycles. The Morgan fingerprint density at radius 1 is 1.19 bits per heavy atom. The van der Waals surface area contributed by atoms with Crippen LogP contribution in [0, 0.1) is 5.92 Å². The van der Waals surface area contributed by atoms with Gasteiger partial charge < -0.3 is 20.3 Å². The Hall–Kier alpha value is -1.79. The third-order valence-corrected chi connectivity index (χ3v) is 5.41. The summed E-state index contributed by atoms with van der Waals surface area (Å²) in [6.45, 7) is 5.41. The molecule has 0 aromatic heterocycles. The molecule has 2 aliphatic rings. The Bertz CT molecular complexity index is 668. The molecule has 1 aromatic rings. The highest BCUT2D eigenvalue weighted by Crippen LogP contribution is 2.22. The van der Waals surface area contributed by atoms with Crippen LogP contribution in [-0.4, -0.2) is 55.0 Å². The molecule has 7 heteroatoms. The average Bonchev–Trinajstić information content (AvgIpc) is 2.97. The first-order valence-electron chi connectivity index (χ1n) is 9.48. The van der Waals surface area contributed by atoms with Crippen molar-refractivity contribution in [2.45, 2.75) is 51.2 Å². The molecule has 3 atom stereocenters. The highest BCUT2D eigenvalue weighted by Gasteiger charge is 2.35. The van der Waals surface area contributed by atoms with E-state index in [9.17, 15) is 9.59 Å². The number of halogens is 1. The fourth-order valence-electron chi connectivity index (χ4n) is 3.90. The van der Waals surface area contributed by atoms with E-state index in [1.165, 1.54) is 13.5 Å². The minimum Gasteiger partial charge on any atom is -0.496 e. The van der Waals surface area contributed by atoms with Gasteiger partial charge in [0.1, 0.15) is 11.8 Å². The van der Waals surface area contributed by atoms with Gasteiger partial charge in [-0.15, -0.1) is 12.4 Å². The molecule has 27 heavy (non-hydrogen) atoms. The number of para-hydroxylation sites is 1. The van der Waals surface area contributed by atoms with Crippen molar-refractivity contribution in [2.24, 2.45) is 5.92 Å². The third kappa shape index (κ3) is 4.93. The summed E-state index contributed by atoms with van der Waals surface area (Å²) in [6, 6.07) is 7.44. The summed E-state index contributed by atoms with van der Waals surface area (Å²) < 4.78 is 5.27. The van der Waals surface area contributed by atoms with Crippen molar-refractivity contribution in [1.82, 2.24) is 15.5 Å². The standard InChI is InChI=1S/C20H29N3O3.ClH/c1-13(2)18(22-19(24)16-6-4-5-7-17(16)26-3)20(25)23-11-10-14-8-9-15(12-23)21-14;/h4-7,13-15,18,21H,8-12H2,1-3H3,(H,22,24);1H. The van der Waals surface area contributed by atoms with Crippen molar-refractivity contribution < 1.29 is 14.3 Å². The Morgan fingerprint density at radius 3 is 2.59 bits per heavy atom. The number of hydrogen-bond acceptors (Lipinski definition) is 4. The SMILES string of the molecule is COc1ccccc1C(=O)NC(C(=O)N1CCC2CCC(C1)N2)C(C)C.Cl. The normalized spacial score (nSPS) is 22.6. The summed E-state index contributed by atoms with van der Waals surface area (Å²) in [4.78, 5) is 27.8. The number of carbonyl (C=O) groups is 2. The van der Waals surface area contributed by atoms with Crippen LogP contribution in [0.3, 0.4) is 0 Å². The lowest BCUT2D eigenvalue weighted by atomic mass is 10.0. The van der Waals surface area contributed by atoms with E-state index in [2.05, 4.69) is 10.6 Å². The number of amides is 2. The maximum Gasteiger partial charge on any atom is 0.255 e. The van der Waals surface area contributed by atoms with Gasteiger partial charge in [-0.25, -0.2) is 0 Å². The van der Waals surface area contributed by atoms with Crippen molar-refractivity contribution in [1.29, 1.82) is 0 Å². The van der Waals surface area contributed by atoms with E-state index < -0.39 is 6.04 Å². The van der Waals surface area contributed by atoms with Gasteiger partial charge >= 0.3 is 0 Å². The summed E-state index contributed by atoms with van der Waals surface area (Å²) in [5, 5.41) is 6.53. The minimum absolute atomic E-state index is 0. The smallest absolute Gasteiger partial charge is 0.255 e. The van der Waals surface area contributed by atoms with Gasteiger partial charge in [0, 0.05) is 25.2 Å². The highest BCUT2D eigenvalue weighted by atomic mass is 35.5. The lowest BCUT2D eigenvalue weighted by Gasteiger charge is -2.31. The van der Waals surface area contributed by atoms with Crippen molar-refractivity contribution in [3.63, 3.8) is 0 Å². The van der Waals surface area contributed by atoms with Crippen molar-refractivity contribution in [3.8, 4) is 5.75 Å². The van der Waals surface area contributed by atoms with Gasteiger partial charge in [-0.3, -0.25) is 9.59 Å². The zero-order valence-electron chi connectivity index (χ0n) is 16.2. The molecule has 0 radical (unpaired) electrons. The van der Waals surface area contributed by atoms with E-state index in [1.54, 1.807) is 18.2 Å². The zero-order chi connectivity index (χ0) is 18.7. The van der Waals surface area contributed by atoms with Crippen LogP contribution in [0.25, 0.3) is 0 Å². The fourth-order valence-corrected chi connectivity index (χ4v) is 3.90. The van der Waals surface area contributed by atoms with E-state index >= 15 is 0 Å². The number of likely N-dealkylation sites (tertiary alicyclic amines) is 1. The molecule has 2 fully saturated rings. The second kappa shape index (κ2) is 9.42. The van der Waals surface area contributed by atoms with E-state index in [0.29, 0.717) is 23.4 Å². The van der Waals surface area contributed by atoms with Crippen LogP contribution in [0.15, 0.2) is 24.3 Å². The van der Waals surface area contributed by atoms with Crippen molar-refractivity contribution in [2.75, 3.05) is 20.2 Å². The number of nitrogens with zero attached hydrogens (tertiary/aromatic N) is 1. The summed E-state index contributed by atoms with van der Waals surface area (Å²) in [7, 11) is 1.54. The topological polar surface area (TPSA) is 70.7 Å². The molecule has 0 spiro atoms. The van der Waals surface area contributed by atoms with E-state index in [-0.39, 0.29) is 30.1 Å². The van der Waals surface area contributed by atoms with Gasteiger partial charge in [0.15, 0.2) is 0 Å². The van der Waals surface area contributed by atoms with Gasteiger partial charge in [0.25, 0.3) is 5.91 Å². The number of benzene rings is 1. The quantitative estimate of drug-likeness (QED) is 0.802. The molecular weight excluding hydrogens is 366 g/mol. The molecule has 150 valence electrons. The summed E-state index contributed by atoms with van der Waals surface area (Å²) >= 11 is 0. The molecule has 2 N–H and O–H groups in total. The summed E-state index contributed by atoms with van der Waals surface area (Å²) in [6.07, 6.45) is 3.30. The van der Waals surface area contributed by atoms with Gasteiger partial charge in [0.2, 0.25) is 5.91 Å². The largest absolute Gasteiger partial charge is 0.496 e. The zero-order valence-corrected chi connectivity index (χ0v) is 17.1. The van der Waals surface area contributed by atoms with Gasteiger partial charge in [-0.05, 0) is 37.3 Å². The van der Waals surface area contributed by atoms with E-state index in [4.69, 9.17) is 4.74 Å². The van der Waals surface area contributed by atoms with E-state index in [0.717, 1.165) is 25.9 Å². The summed E-state index contributed by atoms with van der Waals surface area (Å²) in [5.74, 6) is 0.257. The Labute approximate surface area is 167 Å². The molecule has 0 aliphatic carbocycles. The van der Waals surface area contributed by atoms with Crippen LogP contribution in [0.5, 0.6) is 5.75 Å². The van der Waals surface area contributed by atoms with Crippen LogP contribution in [-0.2, 0) is 4.79 Å². The Morgan fingerprint density at radius 2 is 1.89 bits per heavy atom. The van der Waals surface area contributed by atoms with Crippen molar-refractivity contribution >= 4 is 24.2 Å².